The van der Waals surface area contributed by atoms with Gasteiger partial charge in [0.1, 0.15) is 0 Å². The van der Waals surface area contributed by atoms with Crippen molar-refractivity contribution in [1.29, 1.82) is 0 Å². The summed E-state index contributed by atoms with van der Waals surface area (Å²) in [7, 11) is 0. The zero-order chi connectivity index (χ0) is 15.0. The highest BCUT2D eigenvalue weighted by Crippen LogP contribution is 2.13. The van der Waals surface area contributed by atoms with Crippen molar-refractivity contribution in [3.8, 4) is 0 Å². The van der Waals surface area contributed by atoms with E-state index in [-0.39, 0.29) is 0 Å². The van der Waals surface area contributed by atoms with Crippen LogP contribution in [-0.2, 0) is 0 Å². The summed E-state index contributed by atoms with van der Waals surface area (Å²) in [5.74, 6) is 0. The van der Waals surface area contributed by atoms with E-state index in [4.69, 9.17) is 0 Å². The molecule has 0 spiro atoms. The summed E-state index contributed by atoms with van der Waals surface area (Å²) >= 11 is 0. The van der Waals surface area contributed by atoms with Crippen molar-refractivity contribution < 1.29 is 0 Å². The van der Waals surface area contributed by atoms with Crippen LogP contribution in [0.4, 0.5) is 0 Å². The Morgan fingerprint density at radius 3 is 1.67 bits per heavy atom. The molecule has 0 unspecified atom stereocenters. The molecule has 126 valence electrons. The third-order valence-corrected chi connectivity index (χ3v) is 4.73. The molecular weight excluding hydrogens is 256 g/mol. The van der Waals surface area contributed by atoms with Gasteiger partial charge in [-0.3, -0.25) is 0 Å². The van der Waals surface area contributed by atoms with E-state index < -0.39 is 0 Å². The third kappa shape index (κ3) is 12.2. The molecule has 0 aromatic rings. The van der Waals surface area contributed by atoms with Crippen molar-refractivity contribution in [2.45, 2.75) is 90.4 Å². The summed E-state index contributed by atoms with van der Waals surface area (Å²) in [4.78, 5) is 2.74. The first-order chi connectivity index (χ1) is 10.4. The number of hydrogen-bond acceptors (Lipinski definition) is 2. The Balaban J connectivity index is 2.11. The van der Waals surface area contributed by atoms with Crippen LogP contribution in [0.3, 0.4) is 0 Å². The summed E-state index contributed by atoms with van der Waals surface area (Å²) in [6.07, 6.45) is 18.5. The quantitative estimate of drug-likeness (QED) is 0.666. The Morgan fingerprint density at radius 1 is 0.667 bits per heavy atom. The van der Waals surface area contributed by atoms with Crippen molar-refractivity contribution >= 4 is 0 Å². The maximum atomic E-state index is 3.58. The van der Waals surface area contributed by atoms with Gasteiger partial charge in [-0.25, -0.2) is 0 Å². The first-order valence-corrected chi connectivity index (χ1v) is 9.86. The van der Waals surface area contributed by atoms with Gasteiger partial charge in [-0.15, -0.1) is 0 Å². The van der Waals surface area contributed by atoms with Gasteiger partial charge in [0.15, 0.2) is 0 Å². The SMILES string of the molecule is CCCCNCCCN1CCCCCCCCCCCC1. The van der Waals surface area contributed by atoms with E-state index in [2.05, 4.69) is 17.1 Å². The van der Waals surface area contributed by atoms with E-state index >= 15 is 0 Å². The molecular formula is C19H40N2. The van der Waals surface area contributed by atoms with Crippen LogP contribution in [0.2, 0.25) is 0 Å². The lowest BCUT2D eigenvalue weighted by molar-refractivity contribution is 0.257. The van der Waals surface area contributed by atoms with Crippen LogP contribution in [-0.4, -0.2) is 37.6 Å². The minimum absolute atomic E-state index is 1.20. The molecule has 1 rings (SSSR count). The van der Waals surface area contributed by atoms with Crippen molar-refractivity contribution in [1.82, 2.24) is 10.2 Å². The molecule has 2 nitrogen and oxygen atoms in total. The first-order valence-electron chi connectivity index (χ1n) is 9.86. The highest BCUT2D eigenvalue weighted by Gasteiger charge is 2.05. The van der Waals surface area contributed by atoms with Gasteiger partial charge in [0.05, 0.1) is 0 Å². The van der Waals surface area contributed by atoms with Gasteiger partial charge in [0, 0.05) is 0 Å². The van der Waals surface area contributed by atoms with Crippen LogP contribution in [0, 0.1) is 0 Å². The monoisotopic (exact) mass is 296 g/mol. The lowest BCUT2D eigenvalue weighted by atomic mass is 10.1. The van der Waals surface area contributed by atoms with Crippen LogP contribution in [0.25, 0.3) is 0 Å². The highest BCUT2D eigenvalue weighted by molar-refractivity contribution is 4.62. The highest BCUT2D eigenvalue weighted by atomic mass is 15.1. The Kier molecular flexibility index (Phi) is 13.4. The van der Waals surface area contributed by atoms with Crippen molar-refractivity contribution in [2.24, 2.45) is 0 Å². The normalized spacial score (nSPS) is 20.4. The summed E-state index contributed by atoms with van der Waals surface area (Å²) in [6, 6.07) is 0. The molecule has 0 amide bonds. The summed E-state index contributed by atoms with van der Waals surface area (Å²) in [5, 5.41) is 3.58. The minimum Gasteiger partial charge on any atom is -0.317 e. The van der Waals surface area contributed by atoms with Gasteiger partial charge >= 0.3 is 0 Å². The molecule has 2 heteroatoms. The molecule has 21 heavy (non-hydrogen) atoms. The van der Waals surface area contributed by atoms with Gasteiger partial charge in [-0.1, -0.05) is 64.7 Å². The van der Waals surface area contributed by atoms with Crippen LogP contribution >= 0.6 is 0 Å². The van der Waals surface area contributed by atoms with Crippen LogP contribution in [0.5, 0.6) is 0 Å². The van der Waals surface area contributed by atoms with Gasteiger partial charge in [0.2, 0.25) is 0 Å². The fraction of sp³-hybridized carbons (Fsp3) is 1.00. The van der Waals surface area contributed by atoms with Crippen molar-refractivity contribution in [3.05, 3.63) is 0 Å². The minimum atomic E-state index is 1.20. The van der Waals surface area contributed by atoms with E-state index in [9.17, 15) is 0 Å². The molecule has 0 aromatic heterocycles. The summed E-state index contributed by atoms with van der Waals surface area (Å²) in [5.41, 5.74) is 0. The number of nitrogens with zero attached hydrogens (tertiary/aromatic N) is 1. The van der Waals surface area contributed by atoms with Crippen LogP contribution in [0.1, 0.15) is 90.4 Å². The maximum Gasteiger partial charge on any atom is -0.000664 e. The molecule has 1 aliphatic heterocycles. The van der Waals surface area contributed by atoms with Crippen molar-refractivity contribution in [3.63, 3.8) is 0 Å². The summed E-state index contributed by atoms with van der Waals surface area (Å²) < 4.78 is 0. The third-order valence-electron chi connectivity index (χ3n) is 4.73. The molecule has 1 N–H and O–H groups in total. The van der Waals surface area contributed by atoms with Gasteiger partial charge in [-0.05, 0) is 58.4 Å². The number of nitrogens with one attached hydrogen (secondary N) is 1. The molecule has 0 aromatic carbocycles. The molecule has 0 bridgehead atoms. The second-order valence-corrected chi connectivity index (χ2v) is 6.83. The molecule has 1 fully saturated rings. The van der Waals surface area contributed by atoms with E-state index in [1.54, 1.807) is 0 Å². The van der Waals surface area contributed by atoms with Gasteiger partial charge in [0.25, 0.3) is 0 Å². The lowest BCUT2D eigenvalue weighted by Crippen LogP contribution is -2.29. The molecule has 1 aliphatic rings. The van der Waals surface area contributed by atoms with Crippen LogP contribution < -0.4 is 5.32 Å². The Labute approximate surface area is 134 Å². The Hall–Kier alpha value is -0.0800. The topological polar surface area (TPSA) is 15.3 Å². The van der Waals surface area contributed by atoms with Crippen molar-refractivity contribution in [2.75, 3.05) is 32.7 Å². The smallest absolute Gasteiger partial charge is 0.000664 e. The predicted molar refractivity (Wildman–Crippen MR) is 95.0 cm³/mol. The predicted octanol–water partition coefficient (Wildman–Crippen LogP) is 4.98. The number of unbranched alkanes of at least 4 members (excludes halogenated alkanes) is 1. The van der Waals surface area contributed by atoms with E-state index in [1.165, 1.54) is 116 Å². The fourth-order valence-electron chi connectivity index (χ4n) is 3.27. The zero-order valence-corrected chi connectivity index (χ0v) is 14.7. The van der Waals surface area contributed by atoms with Crippen LogP contribution in [0.15, 0.2) is 0 Å². The summed E-state index contributed by atoms with van der Waals surface area (Å²) in [6.45, 7) is 8.66. The lowest BCUT2D eigenvalue weighted by Gasteiger charge is -2.22. The number of hydrogen-bond donors (Lipinski definition) is 1. The van der Waals surface area contributed by atoms with E-state index in [1.807, 2.05) is 0 Å². The molecule has 0 radical (unpaired) electrons. The van der Waals surface area contributed by atoms with E-state index in [0.29, 0.717) is 0 Å². The molecule has 0 saturated carbocycles. The van der Waals surface area contributed by atoms with E-state index in [0.717, 1.165) is 0 Å². The second kappa shape index (κ2) is 14.8. The van der Waals surface area contributed by atoms with Gasteiger partial charge in [-0.2, -0.15) is 0 Å². The second-order valence-electron chi connectivity index (χ2n) is 6.83. The Morgan fingerprint density at radius 2 is 1.14 bits per heavy atom. The molecule has 1 heterocycles. The molecule has 0 aliphatic carbocycles. The zero-order valence-electron chi connectivity index (χ0n) is 14.7. The number of rotatable bonds is 7. The largest absolute Gasteiger partial charge is 0.317 e. The standard InChI is InChI=1S/C19H40N2/c1-2-3-15-20-16-14-19-21-17-12-10-8-6-4-5-7-9-11-13-18-21/h20H,2-19H2,1H3. The Bertz CT molecular complexity index is 192. The molecule has 1 saturated heterocycles. The average Bonchev–Trinajstić information content (AvgIpc) is 2.52. The maximum absolute atomic E-state index is 3.58. The average molecular weight is 297 g/mol. The molecule has 0 atom stereocenters. The fourth-order valence-corrected chi connectivity index (χ4v) is 3.27. The first kappa shape index (κ1) is 19.0. The van der Waals surface area contributed by atoms with Gasteiger partial charge < -0.3 is 10.2 Å².